The molecule has 0 saturated carbocycles. The molecule has 0 spiro atoms. The fourth-order valence-corrected chi connectivity index (χ4v) is 3.38. The van der Waals surface area contributed by atoms with Gasteiger partial charge in [0.25, 0.3) is 0 Å². The van der Waals surface area contributed by atoms with Crippen LogP contribution in [0.25, 0.3) is 0 Å². The first-order chi connectivity index (χ1) is 6.18. The first-order valence-corrected chi connectivity index (χ1v) is 5.92. The third kappa shape index (κ3) is 1.76. The Morgan fingerprint density at radius 1 is 1.31 bits per heavy atom. The summed E-state index contributed by atoms with van der Waals surface area (Å²) in [6.07, 6.45) is 4.39. The molecule has 0 aromatic heterocycles. The van der Waals surface area contributed by atoms with E-state index >= 15 is 0 Å². The molecule has 3 unspecified atom stereocenters. The van der Waals surface area contributed by atoms with E-state index in [1.165, 1.54) is 32.4 Å². The van der Waals surface area contributed by atoms with Crippen LogP contribution in [0.1, 0.15) is 40.0 Å². The van der Waals surface area contributed by atoms with E-state index in [1.807, 2.05) is 0 Å². The van der Waals surface area contributed by atoms with E-state index in [0.29, 0.717) is 0 Å². The van der Waals surface area contributed by atoms with E-state index in [0.717, 1.165) is 23.8 Å². The Bertz CT molecular complexity index is 176. The standard InChI is InChI=1S/C12H23N/c1-9(2)12-7-11-5-4-6-13(11)8-10(12)3/h9-12H,4-8H2,1-3H3. The van der Waals surface area contributed by atoms with E-state index in [2.05, 4.69) is 25.7 Å². The van der Waals surface area contributed by atoms with Crippen LogP contribution in [0, 0.1) is 17.8 Å². The molecule has 0 aromatic carbocycles. The lowest BCUT2D eigenvalue weighted by atomic mass is 9.76. The van der Waals surface area contributed by atoms with Crippen LogP contribution in [-0.4, -0.2) is 24.0 Å². The molecule has 2 heterocycles. The largest absolute Gasteiger partial charge is 0.300 e. The fraction of sp³-hybridized carbons (Fsp3) is 1.00. The summed E-state index contributed by atoms with van der Waals surface area (Å²) in [7, 11) is 0. The van der Waals surface area contributed by atoms with Crippen LogP contribution in [-0.2, 0) is 0 Å². The van der Waals surface area contributed by atoms with E-state index in [4.69, 9.17) is 0 Å². The van der Waals surface area contributed by atoms with Gasteiger partial charge >= 0.3 is 0 Å². The summed E-state index contributed by atoms with van der Waals surface area (Å²) in [5, 5.41) is 0. The van der Waals surface area contributed by atoms with Crippen molar-refractivity contribution in [3.8, 4) is 0 Å². The van der Waals surface area contributed by atoms with Gasteiger partial charge in [-0.25, -0.2) is 0 Å². The quantitative estimate of drug-likeness (QED) is 0.601. The van der Waals surface area contributed by atoms with Gasteiger partial charge in [-0.15, -0.1) is 0 Å². The van der Waals surface area contributed by atoms with Crippen molar-refractivity contribution in [1.82, 2.24) is 4.90 Å². The van der Waals surface area contributed by atoms with Crippen molar-refractivity contribution in [3.05, 3.63) is 0 Å². The van der Waals surface area contributed by atoms with Gasteiger partial charge < -0.3 is 4.90 Å². The lowest BCUT2D eigenvalue weighted by Crippen LogP contribution is -2.44. The highest BCUT2D eigenvalue weighted by molar-refractivity contribution is 4.90. The highest BCUT2D eigenvalue weighted by atomic mass is 15.2. The van der Waals surface area contributed by atoms with Gasteiger partial charge in [0.05, 0.1) is 0 Å². The van der Waals surface area contributed by atoms with Gasteiger partial charge in [-0.2, -0.15) is 0 Å². The van der Waals surface area contributed by atoms with Crippen molar-refractivity contribution in [2.45, 2.75) is 46.1 Å². The zero-order valence-corrected chi connectivity index (χ0v) is 9.29. The summed E-state index contributed by atoms with van der Waals surface area (Å²) >= 11 is 0. The van der Waals surface area contributed by atoms with Gasteiger partial charge in [0.2, 0.25) is 0 Å². The van der Waals surface area contributed by atoms with Crippen molar-refractivity contribution in [2.24, 2.45) is 17.8 Å². The fourth-order valence-electron chi connectivity index (χ4n) is 3.38. The Labute approximate surface area is 82.5 Å². The Balaban J connectivity index is 2.01. The Morgan fingerprint density at radius 2 is 2.08 bits per heavy atom. The minimum Gasteiger partial charge on any atom is -0.300 e. The maximum atomic E-state index is 2.73. The molecule has 1 nitrogen and oxygen atoms in total. The second kappa shape index (κ2) is 3.61. The van der Waals surface area contributed by atoms with Crippen molar-refractivity contribution < 1.29 is 0 Å². The molecule has 2 saturated heterocycles. The first kappa shape index (κ1) is 9.51. The predicted molar refractivity (Wildman–Crippen MR) is 56.7 cm³/mol. The first-order valence-electron chi connectivity index (χ1n) is 5.92. The van der Waals surface area contributed by atoms with Crippen LogP contribution in [0.15, 0.2) is 0 Å². The summed E-state index contributed by atoms with van der Waals surface area (Å²) in [5.74, 6) is 2.80. The average Bonchev–Trinajstić information content (AvgIpc) is 2.48. The number of hydrogen-bond acceptors (Lipinski definition) is 1. The molecule has 0 N–H and O–H groups in total. The smallest absolute Gasteiger partial charge is 0.00986 e. The SMILES string of the molecule is CC(C)C1CC2CCCN2CC1C. The summed E-state index contributed by atoms with van der Waals surface area (Å²) in [5.41, 5.74) is 0. The molecule has 2 fully saturated rings. The van der Waals surface area contributed by atoms with Gasteiger partial charge in [-0.3, -0.25) is 0 Å². The number of rotatable bonds is 1. The Kier molecular flexibility index (Phi) is 2.64. The number of piperidine rings is 1. The van der Waals surface area contributed by atoms with E-state index in [9.17, 15) is 0 Å². The van der Waals surface area contributed by atoms with Gasteiger partial charge in [0, 0.05) is 12.6 Å². The molecule has 2 aliphatic rings. The van der Waals surface area contributed by atoms with Gasteiger partial charge in [0.15, 0.2) is 0 Å². The molecule has 0 aromatic rings. The normalized spacial score (nSPS) is 41.1. The van der Waals surface area contributed by atoms with E-state index in [1.54, 1.807) is 0 Å². The summed E-state index contributed by atoms with van der Waals surface area (Å²) in [4.78, 5) is 2.73. The minimum absolute atomic E-state index is 0.887. The maximum Gasteiger partial charge on any atom is 0.00986 e. The zero-order valence-electron chi connectivity index (χ0n) is 9.29. The molecule has 76 valence electrons. The predicted octanol–water partition coefficient (Wildman–Crippen LogP) is 2.76. The van der Waals surface area contributed by atoms with Crippen LogP contribution >= 0.6 is 0 Å². The van der Waals surface area contributed by atoms with Crippen LogP contribution in [0.2, 0.25) is 0 Å². The molecular formula is C12H23N. The number of nitrogens with zero attached hydrogens (tertiary/aromatic N) is 1. The van der Waals surface area contributed by atoms with Gasteiger partial charge in [0.1, 0.15) is 0 Å². The van der Waals surface area contributed by atoms with Crippen LogP contribution in [0.3, 0.4) is 0 Å². The molecule has 0 aliphatic carbocycles. The minimum atomic E-state index is 0.887. The lowest BCUT2D eigenvalue weighted by Gasteiger charge is -2.41. The summed E-state index contributed by atoms with van der Waals surface area (Å²) in [6, 6.07) is 0.948. The molecule has 2 aliphatic heterocycles. The molecule has 13 heavy (non-hydrogen) atoms. The lowest BCUT2D eigenvalue weighted by molar-refractivity contribution is 0.0767. The summed E-state index contributed by atoms with van der Waals surface area (Å²) < 4.78 is 0. The van der Waals surface area contributed by atoms with Crippen molar-refractivity contribution in [1.29, 1.82) is 0 Å². The zero-order chi connectivity index (χ0) is 9.42. The molecule has 3 atom stereocenters. The third-order valence-electron chi connectivity index (χ3n) is 4.15. The topological polar surface area (TPSA) is 3.24 Å². The van der Waals surface area contributed by atoms with Crippen LogP contribution in [0.4, 0.5) is 0 Å². The summed E-state index contributed by atoms with van der Waals surface area (Å²) in [6.45, 7) is 9.98. The van der Waals surface area contributed by atoms with Crippen LogP contribution in [0.5, 0.6) is 0 Å². The van der Waals surface area contributed by atoms with Crippen molar-refractivity contribution in [3.63, 3.8) is 0 Å². The maximum absolute atomic E-state index is 2.73. The molecule has 0 radical (unpaired) electrons. The average molecular weight is 181 g/mol. The number of fused-ring (bicyclic) bond motifs is 1. The Morgan fingerprint density at radius 3 is 2.77 bits per heavy atom. The molecule has 2 rings (SSSR count). The monoisotopic (exact) mass is 181 g/mol. The van der Waals surface area contributed by atoms with E-state index < -0.39 is 0 Å². The van der Waals surface area contributed by atoms with Crippen LogP contribution < -0.4 is 0 Å². The second-order valence-corrected chi connectivity index (χ2v) is 5.41. The molecule has 0 amide bonds. The highest BCUT2D eigenvalue weighted by Gasteiger charge is 2.36. The third-order valence-corrected chi connectivity index (χ3v) is 4.15. The molecule has 0 bridgehead atoms. The molecule has 1 heteroatoms. The molecular weight excluding hydrogens is 158 g/mol. The van der Waals surface area contributed by atoms with Gasteiger partial charge in [-0.05, 0) is 43.6 Å². The van der Waals surface area contributed by atoms with Crippen molar-refractivity contribution in [2.75, 3.05) is 13.1 Å². The second-order valence-electron chi connectivity index (χ2n) is 5.41. The highest BCUT2D eigenvalue weighted by Crippen LogP contribution is 2.37. The van der Waals surface area contributed by atoms with Crippen molar-refractivity contribution >= 4 is 0 Å². The Hall–Kier alpha value is -0.0400. The van der Waals surface area contributed by atoms with E-state index in [-0.39, 0.29) is 0 Å². The number of hydrogen-bond donors (Lipinski definition) is 0. The van der Waals surface area contributed by atoms with Gasteiger partial charge in [-0.1, -0.05) is 20.8 Å².